The van der Waals surface area contributed by atoms with Gasteiger partial charge in [-0.1, -0.05) is 26.0 Å². The molecule has 1 aliphatic rings. The van der Waals surface area contributed by atoms with Gasteiger partial charge >= 0.3 is 6.03 Å². The number of piperidine rings is 1. The van der Waals surface area contributed by atoms with Crippen LogP contribution in [0.5, 0.6) is 0 Å². The SMILES string of the molecule is CCN(CC)CCc1ccc(NC(=O)NC2CCN(CCOC)CC2)cc1. The predicted octanol–water partition coefficient (Wildman–Crippen LogP) is 2.80. The number of carbonyl (C=O) groups is 1. The molecule has 6 heteroatoms. The molecular weight excluding hydrogens is 340 g/mol. The lowest BCUT2D eigenvalue weighted by molar-refractivity contribution is 0.127. The van der Waals surface area contributed by atoms with E-state index in [1.807, 2.05) is 12.1 Å². The van der Waals surface area contributed by atoms with Gasteiger partial charge in [0.05, 0.1) is 6.61 Å². The molecule has 0 atom stereocenters. The Hall–Kier alpha value is -1.63. The largest absolute Gasteiger partial charge is 0.383 e. The molecule has 2 amide bonds. The monoisotopic (exact) mass is 376 g/mol. The molecule has 27 heavy (non-hydrogen) atoms. The normalized spacial score (nSPS) is 15.9. The molecule has 1 saturated heterocycles. The number of nitrogens with zero attached hydrogens (tertiary/aromatic N) is 2. The molecule has 1 aliphatic heterocycles. The molecule has 0 radical (unpaired) electrons. The Balaban J connectivity index is 1.70. The van der Waals surface area contributed by atoms with E-state index in [-0.39, 0.29) is 12.1 Å². The molecule has 6 nitrogen and oxygen atoms in total. The van der Waals surface area contributed by atoms with Crippen LogP contribution in [-0.4, -0.2) is 74.9 Å². The maximum absolute atomic E-state index is 12.2. The number of carbonyl (C=O) groups excluding carboxylic acids is 1. The molecule has 0 saturated carbocycles. The van der Waals surface area contributed by atoms with Crippen LogP contribution in [0.2, 0.25) is 0 Å². The third-order valence-corrected chi connectivity index (χ3v) is 5.36. The number of nitrogens with one attached hydrogen (secondary N) is 2. The maximum Gasteiger partial charge on any atom is 0.319 e. The fourth-order valence-corrected chi connectivity index (χ4v) is 3.46. The lowest BCUT2D eigenvalue weighted by Crippen LogP contribution is -2.46. The standard InChI is InChI=1S/C21H36N4O2/c1-4-24(5-2)13-10-18-6-8-19(9-7-18)22-21(26)23-20-11-14-25(15-12-20)16-17-27-3/h6-9,20H,4-5,10-17H2,1-3H3,(H2,22,23,26). The van der Waals surface area contributed by atoms with Gasteiger partial charge in [0.2, 0.25) is 0 Å². The van der Waals surface area contributed by atoms with E-state index in [4.69, 9.17) is 4.74 Å². The summed E-state index contributed by atoms with van der Waals surface area (Å²) in [5.74, 6) is 0. The van der Waals surface area contributed by atoms with Crippen molar-refractivity contribution in [2.75, 3.05) is 58.3 Å². The Morgan fingerprint density at radius 1 is 1.19 bits per heavy atom. The van der Waals surface area contributed by atoms with Crippen molar-refractivity contribution in [1.82, 2.24) is 15.1 Å². The van der Waals surface area contributed by atoms with E-state index < -0.39 is 0 Å². The minimum absolute atomic E-state index is 0.110. The highest BCUT2D eigenvalue weighted by atomic mass is 16.5. The van der Waals surface area contributed by atoms with Gasteiger partial charge in [-0.2, -0.15) is 0 Å². The molecule has 2 N–H and O–H groups in total. The zero-order valence-electron chi connectivity index (χ0n) is 17.2. The number of likely N-dealkylation sites (N-methyl/N-ethyl adjacent to an activating group) is 1. The van der Waals surface area contributed by atoms with E-state index in [1.54, 1.807) is 7.11 Å². The molecule has 0 spiro atoms. The van der Waals surface area contributed by atoms with Crippen LogP contribution in [0.1, 0.15) is 32.3 Å². The first-order valence-corrected chi connectivity index (χ1v) is 10.2. The number of rotatable bonds is 10. The van der Waals surface area contributed by atoms with E-state index in [2.05, 4.69) is 46.4 Å². The summed E-state index contributed by atoms with van der Waals surface area (Å²) in [4.78, 5) is 17.1. The van der Waals surface area contributed by atoms with Crippen LogP contribution in [0.3, 0.4) is 0 Å². The minimum atomic E-state index is -0.110. The van der Waals surface area contributed by atoms with Crippen molar-refractivity contribution in [1.29, 1.82) is 0 Å². The van der Waals surface area contributed by atoms with Crippen molar-refractivity contribution >= 4 is 11.7 Å². The molecule has 2 rings (SSSR count). The van der Waals surface area contributed by atoms with Crippen molar-refractivity contribution in [2.24, 2.45) is 0 Å². The van der Waals surface area contributed by atoms with E-state index in [0.717, 1.165) is 70.8 Å². The van der Waals surface area contributed by atoms with Crippen LogP contribution in [0, 0.1) is 0 Å². The first-order valence-electron chi connectivity index (χ1n) is 10.2. The van der Waals surface area contributed by atoms with Crippen LogP contribution in [0.4, 0.5) is 10.5 Å². The predicted molar refractivity (Wildman–Crippen MR) is 111 cm³/mol. The third kappa shape index (κ3) is 7.87. The smallest absolute Gasteiger partial charge is 0.319 e. The van der Waals surface area contributed by atoms with Crippen molar-refractivity contribution in [2.45, 2.75) is 39.2 Å². The lowest BCUT2D eigenvalue weighted by Gasteiger charge is -2.32. The van der Waals surface area contributed by atoms with Gasteiger partial charge in [0, 0.05) is 45.0 Å². The molecule has 152 valence electrons. The second-order valence-electron chi connectivity index (χ2n) is 7.18. The van der Waals surface area contributed by atoms with Crippen molar-refractivity contribution in [3.63, 3.8) is 0 Å². The van der Waals surface area contributed by atoms with Gasteiger partial charge in [-0.05, 0) is 50.0 Å². The Morgan fingerprint density at radius 2 is 1.85 bits per heavy atom. The number of anilines is 1. The summed E-state index contributed by atoms with van der Waals surface area (Å²) in [5.41, 5.74) is 2.15. The molecule has 0 unspecified atom stereocenters. The van der Waals surface area contributed by atoms with Crippen LogP contribution in [-0.2, 0) is 11.2 Å². The second-order valence-corrected chi connectivity index (χ2v) is 7.18. The average Bonchev–Trinajstić information content (AvgIpc) is 2.69. The highest BCUT2D eigenvalue weighted by Crippen LogP contribution is 2.13. The minimum Gasteiger partial charge on any atom is -0.383 e. The van der Waals surface area contributed by atoms with Gasteiger partial charge in [0.1, 0.15) is 0 Å². The van der Waals surface area contributed by atoms with Gasteiger partial charge in [-0.3, -0.25) is 0 Å². The summed E-state index contributed by atoms with van der Waals surface area (Å²) in [6, 6.07) is 8.33. The second kappa shape index (κ2) is 12.0. The van der Waals surface area contributed by atoms with Gasteiger partial charge in [-0.25, -0.2) is 4.79 Å². The zero-order valence-corrected chi connectivity index (χ0v) is 17.2. The first-order chi connectivity index (χ1) is 13.1. The molecule has 1 fully saturated rings. The van der Waals surface area contributed by atoms with Gasteiger partial charge in [0.15, 0.2) is 0 Å². The summed E-state index contributed by atoms with van der Waals surface area (Å²) < 4.78 is 5.13. The number of likely N-dealkylation sites (tertiary alicyclic amines) is 1. The topological polar surface area (TPSA) is 56.8 Å². The van der Waals surface area contributed by atoms with Gasteiger partial charge < -0.3 is 25.2 Å². The van der Waals surface area contributed by atoms with E-state index in [0.29, 0.717) is 0 Å². The van der Waals surface area contributed by atoms with E-state index >= 15 is 0 Å². The summed E-state index contributed by atoms with van der Waals surface area (Å²) in [7, 11) is 1.73. The maximum atomic E-state index is 12.2. The third-order valence-electron chi connectivity index (χ3n) is 5.36. The van der Waals surface area contributed by atoms with Gasteiger partial charge in [0.25, 0.3) is 0 Å². The Labute approximate surface area is 164 Å². The summed E-state index contributed by atoms with van der Waals surface area (Å²) >= 11 is 0. The Morgan fingerprint density at radius 3 is 2.44 bits per heavy atom. The molecule has 1 aromatic carbocycles. The van der Waals surface area contributed by atoms with Crippen LogP contribution >= 0.6 is 0 Å². The first kappa shape index (κ1) is 21.7. The van der Waals surface area contributed by atoms with E-state index in [9.17, 15) is 4.79 Å². The molecule has 0 aromatic heterocycles. The number of hydrogen-bond donors (Lipinski definition) is 2. The number of benzene rings is 1. The van der Waals surface area contributed by atoms with Gasteiger partial charge in [-0.15, -0.1) is 0 Å². The van der Waals surface area contributed by atoms with Crippen LogP contribution in [0.25, 0.3) is 0 Å². The van der Waals surface area contributed by atoms with Crippen LogP contribution < -0.4 is 10.6 Å². The molecule has 0 aliphatic carbocycles. The molecule has 0 bridgehead atoms. The molecular formula is C21H36N4O2. The summed E-state index contributed by atoms with van der Waals surface area (Å²) in [5, 5.41) is 6.05. The van der Waals surface area contributed by atoms with Crippen LogP contribution in [0.15, 0.2) is 24.3 Å². The van der Waals surface area contributed by atoms with Crippen molar-refractivity contribution in [3.8, 4) is 0 Å². The number of urea groups is 1. The number of hydrogen-bond acceptors (Lipinski definition) is 4. The van der Waals surface area contributed by atoms with E-state index in [1.165, 1.54) is 5.56 Å². The molecule has 1 aromatic rings. The highest BCUT2D eigenvalue weighted by molar-refractivity contribution is 5.89. The Kier molecular flexibility index (Phi) is 9.59. The zero-order chi connectivity index (χ0) is 19.5. The summed E-state index contributed by atoms with van der Waals surface area (Å²) in [6.07, 6.45) is 3.01. The molecule has 1 heterocycles. The Bertz CT molecular complexity index is 538. The van der Waals surface area contributed by atoms with Crippen molar-refractivity contribution in [3.05, 3.63) is 29.8 Å². The number of ether oxygens (including phenoxy) is 1. The highest BCUT2D eigenvalue weighted by Gasteiger charge is 2.20. The average molecular weight is 377 g/mol. The fraction of sp³-hybridized carbons (Fsp3) is 0.667. The van der Waals surface area contributed by atoms with Crippen molar-refractivity contribution < 1.29 is 9.53 Å². The summed E-state index contributed by atoms with van der Waals surface area (Å²) in [6.45, 7) is 11.4. The lowest BCUT2D eigenvalue weighted by atomic mass is 10.1. The fourth-order valence-electron chi connectivity index (χ4n) is 3.46. The number of amides is 2. The number of methoxy groups -OCH3 is 1. The quantitative estimate of drug-likeness (QED) is 0.659.